The van der Waals surface area contributed by atoms with Crippen LogP contribution in [0.5, 0.6) is 0 Å². The van der Waals surface area contributed by atoms with Crippen LogP contribution in [0.2, 0.25) is 0 Å². The summed E-state index contributed by atoms with van der Waals surface area (Å²) in [6, 6.07) is 5.64. The Balaban J connectivity index is 1.93. The maximum absolute atomic E-state index is 12.1. The molecule has 1 N–H and O–H groups in total. The third-order valence-electron chi connectivity index (χ3n) is 2.47. The number of hydrogen-bond acceptors (Lipinski definition) is 6. The maximum atomic E-state index is 12.1. The fourth-order valence-electron chi connectivity index (χ4n) is 1.38. The van der Waals surface area contributed by atoms with E-state index in [9.17, 15) is 4.79 Å². The van der Waals surface area contributed by atoms with E-state index in [1.807, 2.05) is 39.0 Å². The predicted molar refractivity (Wildman–Crippen MR) is 82.2 cm³/mol. The van der Waals surface area contributed by atoms with E-state index in [0.717, 1.165) is 10.0 Å². The highest BCUT2D eigenvalue weighted by Gasteiger charge is 2.17. The van der Waals surface area contributed by atoms with Gasteiger partial charge in [0.2, 0.25) is 11.0 Å². The Morgan fingerprint density at radius 1 is 1.30 bits per heavy atom. The Labute approximate surface area is 126 Å². The van der Waals surface area contributed by atoms with Gasteiger partial charge in [0.25, 0.3) is 0 Å². The molecule has 0 aromatic carbocycles. The summed E-state index contributed by atoms with van der Waals surface area (Å²) in [5, 5.41) is 12.9. The van der Waals surface area contributed by atoms with E-state index in [4.69, 9.17) is 0 Å². The molecule has 0 bridgehead atoms. The first kappa shape index (κ1) is 14.9. The molecule has 2 heterocycles. The lowest BCUT2D eigenvalue weighted by Gasteiger charge is -2.09. The van der Waals surface area contributed by atoms with Crippen LogP contribution in [0, 0.1) is 0 Å². The van der Waals surface area contributed by atoms with Gasteiger partial charge >= 0.3 is 0 Å². The highest BCUT2D eigenvalue weighted by Crippen LogP contribution is 2.25. The Morgan fingerprint density at radius 2 is 2.10 bits per heavy atom. The van der Waals surface area contributed by atoms with E-state index in [2.05, 4.69) is 20.5 Å². The lowest BCUT2D eigenvalue weighted by Crippen LogP contribution is -2.22. The highest BCUT2D eigenvalue weighted by molar-refractivity contribution is 8.00. The summed E-state index contributed by atoms with van der Waals surface area (Å²) in [6.45, 7) is 5.94. The molecule has 2 aromatic heterocycles. The van der Waals surface area contributed by atoms with Crippen molar-refractivity contribution in [3.05, 3.63) is 29.4 Å². The highest BCUT2D eigenvalue weighted by atomic mass is 32.2. The smallest absolute Gasteiger partial charge is 0.239 e. The van der Waals surface area contributed by atoms with Crippen molar-refractivity contribution in [3.63, 3.8) is 0 Å². The van der Waals surface area contributed by atoms with Gasteiger partial charge in [0.1, 0.15) is 5.01 Å². The van der Waals surface area contributed by atoms with E-state index >= 15 is 0 Å². The van der Waals surface area contributed by atoms with Crippen molar-refractivity contribution in [2.75, 3.05) is 5.32 Å². The van der Waals surface area contributed by atoms with Gasteiger partial charge in [-0.15, -0.1) is 10.2 Å². The molecule has 106 valence electrons. The number of anilines is 1. The average Bonchev–Trinajstić information content (AvgIpc) is 2.88. The van der Waals surface area contributed by atoms with Gasteiger partial charge in [-0.3, -0.25) is 10.1 Å². The van der Waals surface area contributed by atoms with Crippen LogP contribution in [0.4, 0.5) is 5.13 Å². The minimum atomic E-state index is -0.240. The van der Waals surface area contributed by atoms with Crippen LogP contribution in [-0.2, 0) is 4.79 Å². The summed E-state index contributed by atoms with van der Waals surface area (Å²) in [5.41, 5.74) is 0. The summed E-state index contributed by atoms with van der Waals surface area (Å²) in [6.07, 6.45) is 1.71. The summed E-state index contributed by atoms with van der Waals surface area (Å²) < 4.78 is 0. The van der Waals surface area contributed by atoms with Crippen molar-refractivity contribution in [1.82, 2.24) is 15.2 Å². The van der Waals surface area contributed by atoms with Crippen LogP contribution in [0.3, 0.4) is 0 Å². The number of nitrogens with zero attached hydrogens (tertiary/aromatic N) is 3. The topological polar surface area (TPSA) is 67.8 Å². The zero-order valence-electron chi connectivity index (χ0n) is 11.5. The summed E-state index contributed by atoms with van der Waals surface area (Å²) in [7, 11) is 0. The molecule has 2 aromatic rings. The van der Waals surface area contributed by atoms with Crippen molar-refractivity contribution in [3.8, 4) is 0 Å². The number of carbonyl (C=O) groups excluding carboxylic acids is 1. The van der Waals surface area contributed by atoms with E-state index in [1.54, 1.807) is 6.20 Å². The molecule has 2 rings (SSSR count). The molecule has 0 fully saturated rings. The first-order valence-electron chi connectivity index (χ1n) is 6.28. The fraction of sp³-hybridized carbons (Fsp3) is 0.385. The standard InChI is InChI=1S/C13H16N4OS2/c1-8(2)12-16-17-13(20-12)15-11(18)9(3)19-10-6-4-5-7-14-10/h4-9H,1-3H3,(H,15,17,18)/t9-/m1/s1. The molecular formula is C13H16N4OS2. The molecule has 7 heteroatoms. The molecule has 0 saturated heterocycles. The van der Waals surface area contributed by atoms with E-state index in [1.165, 1.54) is 23.1 Å². The van der Waals surface area contributed by atoms with Gasteiger partial charge in [-0.1, -0.05) is 43.0 Å². The number of aromatic nitrogens is 3. The Kier molecular flexibility index (Phi) is 5.08. The molecule has 0 aliphatic carbocycles. The van der Waals surface area contributed by atoms with Gasteiger partial charge in [0.05, 0.1) is 10.3 Å². The second-order valence-electron chi connectivity index (χ2n) is 4.52. The number of carbonyl (C=O) groups is 1. The Hall–Kier alpha value is -1.47. The fourth-order valence-corrected chi connectivity index (χ4v) is 2.93. The van der Waals surface area contributed by atoms with Crippen molar-refractivity contribution >= 4 is 34.1 Å². The Morgan fingerprint density at radius 3 is 2.70 bits per heavy atom. The third-order valence-corrected chi connectivity index (χ3v) is 4.66. The minimum absolute atomic E-state index is 0.0906. The van der Waals surface area contributed by atoms with Gasteiger partial charge in [0, 0.05) is 12.1 Å². The number of hydrogen-bond donors (Lipinski definition) is 1. The summed E-state index contributed by atoms with van der Waals surface area (Å²) in [4.78, 5) is 16.3. The lowest BCUT2D eigenvalue weighted by molar-refractivity contribution is -0.115. The lowest BCUT2D eigenvalue weighted by atomic mass is 10.2. The van der Waals surface area contributed by atoms with Crippen molar-refractivity contribution < 1.29 is 4.79 Å². The van der Waals surface area contributed by atoms with Crippen molar-refractivity contribution in [1.29, 1.82) is 0 Å². The first-order chi connectivity index (χ1) is 9.56. The monoisotopic (exact) mass is 308 g/mol. The molecule has 0 saturated carbocycles. The maximum Gasteiger partial charge on any atom is 0.239 e. The van der Waals surface area contributed by atoms with Crippen LogP contribution >= 0.6 is 23.1 Å². The molecule has 1 amide bonds. The van der Waals surface area contributed by atoms with Crippen molar-refractivity contribution in [2.24, 2.45) is 0 Å². The summed E-state index contributed by atoms with van der Waals surface area (Å²) >= 11 is 2.83. The molecule has 1 atom stereocenters. The van der Waals surface area contributed by atoms with Gasteiger partial charge in [-0.25, -0.2) is 4.98 Å². The molecule has 0 radical (unpaired) electrons. The van der Waals surface area contributed by atoms with Gasteiger partial charge in [-0.05, 0) is 19.1 Å². The number of thioether (sulfide) groups is 1. The SMILES string of the molecule is CC(C)c1nnc(NC(=O)[C@@H](C)Sc2ccccn2)s1. The zero-order valence-corrected chi connectivity index (χ0v) is 13.2. The number of amides is 1. The average molecular weight is 308 g/mol. The van der Waals surface area contributed by atoms with Crippen LogP contribution in [-0.4, -0.2) is 26.3 Å². The molecule has 20 heavy (non-hydrogen) atoms. The molecule has 5 nitrogen and oxygen atoms in total. The van der Waals surface area contributed by atoms with E-state index in [-0.39, 0.29) is 11.2 Å². The Bertz CT molecular complexity index is 571. The van der Waals surface area contributed by atoms with Crippen molar-refractivity contribution in [2.45, 2.75) is 37.0 Å². The second-order valence-corrected chi connectivity index (χ2v) is 6.89. The van der Waals surface area contributed by atoms with Gasteiger partial charge < -0.3 is 0 Å². The molecule has 0 unspecified atom stereocenters. The normalized spacial score (nSPS) is 12.4. The van der Waals surface area contributed by atoms with Crippen LogP contribution < -0.4 is 5.32 Å². The van der Waals surface area contributed by atoms with Crippen LogP contribution in [0.25, 0.3) is 0 Å². The molecular weight excluding hydrogens is 292 g/mol. The second kappa shape index (κ2) is 6.81. The third kappa shape index (κ3) is 4.01. The van der Waals surface area contributed by atoms with E-state index in [0.29, 0.717) is 11.0 Å². The first-order valence-corrected chi connectivity index (χ1v) is 7.98. The van der Waals surface area contributed by atoms with Gasteiger partial charge in [-0.2, -0.15) is 0 Å². The minimum Gasteiger partial charge on any atom is -0.300 e. The summed E-state index contributed by atoms with van der Waals surface area (Å²) in [5.74, 6) is 0.227. The number of nitrogens with one attached hydrogen (secondary N) is 1. The molecule has 0 spiro atoms. The number of rotatable bonds is 5. The molecule has 0 aliphatic rings. The largest absolute Gasteiger partial charge is 0.300 e. The number of pyridine rings is 1. The van der Waals surface area contributed by atoms with E-state index < -0.39 is 0 Å². The molecule has 0 aliphatic heterocycles. The zero-order chi connectivity index (χ0) is 14.5. The van der Waals surface area contributed by atoms with Crippen LogP contribution in [0.1, 0.15) is 31.7 Å². The van der Waals surface area contributed by atoms with Crippen LogP contribution in [0.15, 0.2) is 29.4 Å². The quantitative estimate of drug-likeness (QED) is 0.859. The van der Waals surface area contributed by atoms with Gasteiger partial charge in [0.15, 0.2) is 0 Å². The predicted octanol–water partition coefficient (Wildman–Crippen LogP) is 3.18.